The molecular weight excluding hydrogens is 268 g/mol. The SMILES string of the molecule is CCC(CC)N(CCO)C(=O)CCOc1ccc(N)cc1. The molecule has 1 rings (SSSR count). The zero-order valence-electron chi connectivity index (χ0n) is 12.9. The van der Waals surface area contributed by atoms with Crippen molar-refractivity contribution in [2.24, 2.45) is 0 Å². The Bertz CT molecular complexity index is 416. The molecule has 118 valence electrons. The molecule has 0 aliphatic heterocycles. The summed E-state index contributed by atoms with van der Waals surface area (Å²) in [6, 6.07) is 7.28. The summed E-state index contributed by atoms with van der Waals surface area (Å²) in [6.07, 6.45) is 2.09. The van der Waals surface area contributed by atoms with E-state index in [-0.39, 0.29) is 18.6 Å². The summed E-state index contributed by atoms with van der Waals surface area (Å²) < 4.78 is 5.54. The van der Waals surface area contributed by atoms with Gasteiger partial charge in [0.1, 0.15) is 5.75 Å². The molecule has 3 N–H and O–H groups in total. The Hall–Kier alpha value is -1.75. The molecule has 0 bridgehead atoms. The van der Waals surface area contributed by atoms with Gasteiger partial charge in [0.15, 0.2) is 0 Å². The van der Waals surface area contributed by atoms with Crippen molar-refractivity contribution in [3.63, 3.8) is 0 Å². The van der Waals surface area contributed by atoms with E-state index in [2.05, 4.69) is 13.8 Å². The lowest BCUT2D eigenvalue weighted by atomic mass is 10.1. The van der Waals surface area contributed by atoms with Crippen LogP contribution in [0.25, 0.3) is 0 Å². The third-order valence-corrected chi connectivity index (χ3v) is 3.51. The van der Waals surface area contributed by atoms with Crippen LogP contribution in [0.2, 0.25) is 0 Å². The minimum atomic E-state index is -0.0128. The molecular formula is C16H26N2O3. The van der Waals surface area contributed by atoms with Crippen LogP contribution in [0.15, 0.2) is 24.3 Å². The molecule has 5 nitrogen and oxygen atoms in total. The number of nitrogen functional groups attached to an aromatic ring is 1. The third kappa shape index (κ3) is 5.63. The Morgan fingerprint density at radius 3 is 2.43 bits per heavy atom. The summed E-state index contributed by atoms with van der Waals surface area (Å²) in [7, 11) is 0. The van der Waals surface area contributed by atoms with Gasteiger partial charge in [-0.2, -0.15) is 0 Å². The topological polar surface area (TPSA) is 75.8 Å². The molecule has 1 aromatic carbocycles. The van der Waals surface area contributed by atoms with Crippen molar-refractivity contribution in [3.8, 4) is 5.75 Å². The van der Waals surface area contributed by atoms with Gasteiger partial charge >= 0.3 is 0 Å². The van der Waals surface area contributed by atoms with Gasteiger partial charge in [0.25, 0.3) is 0 Å². The van der Waals surface area contributed by atoms with Crippen molar-refractivity contribution >= 4 is 11.6 Å². The zero-order chi connectivity index (χ0) is 15.7. The summed E-state index contributed by atoms with van der Waals surface area (Å²) in [5.41, 5.74) is 6.28. The van der Waals surface area contributed by atoms with E-state index in [1.807, 2.05) is 0 Å². The molecule has 0 unspecified atom stereocenters. The van der Waals surface area contributed by atoms with Crippen LogP contribution in [0.1, 0.15) is 33.1 Å². The highest BCUT2D eigenvalue weighted by atomic mass is 16.5. The lowest BCUT2D eigenvalue weighted by Gasteiger charge is -2.30. The molecule has 5 heteroatoms. The van der Waals surface area contributed by atoms with Crippen molar-refractivity contribution in [1.82, 2.24) is 4.90 Å². The smallest absolute Gasteiger partial charge is 0.226 e. The van der Waals surface area contributed by atoms with Crippen LogP contribution in [0.3, 0.4) is 0 Å². The monoisotopic (exact) mass is 294 g/mol. The maximum absolute atomic E-state index is 12.3. The Labute approximate surface area is 126 Å². The molecule has 0 spiro atoms. The normalized spacial score (nSPS) is 10.7. The number of benzene rings is 1. The highest BCUT2D eigenvalue weighted by molar-refractivity contribution is 5.76. The molecule has 0 atom stereocenters. The number of aliphatic hydroxyl groups is 1. The van der Waals surface area contributed by atoms with Gasteiger partial charge < -0.3 is 20.5 Å². The van der Waals surface area contributed by atoms with E-state index in [4.69, 9.17) is 15.6 Å². The third-order valence-electron chi connectivity index (χ3n) is 3.51. The molecule has 1 amide bonds. The highest BCUT2D eigenvalue weighted by Crippen LogP contribution is 2.14. The number of carbonyl (C=O) groups excluding carboxylic acids is 1. The quantitative estimate of drug-likeness (QED) is 0.683. The molecule has 0 heterocycles. The van der Waals surface area contributed by atoms with Crippen LogP contribution >= 0.6 is 0 Å². The number of nitrogens with two attached hydrogens (primary N) is 1. The first-order valence-corrected chi connectivity index (χ1v) is 7.51. The van der Waals surface area contributed by atoms with E-state index >= 15 is 0 Å². The maximum Gasteiger partial charge on any atom is 0.226 e. The number of ether oxygens (including phenoxy) is 1. The molecule has 0 aromatic heterocycles. The van der Waals surface area contributed by atoms with Gasteiger partial charge in [-0.25, -0.2) is 0 Å². The van der Waals surface area contributed by atoms with Crippen LogP contribution in [-0.2, 0) is 4.79 Å². The number of carbonyl (C=O) groups is 1. The molecule has 0 saturated carbocycles. The Morgan fingerprint density at radius 2 is 1.90 bits per heavy atom. The number of nitrogens with zero attached hydrogens (tertiary/aromatic N) is 1. The fourth-order valence-electron chi connectivity index (χ4n) is 2.31. The van der Waals surface area contributed by atoms with E-state index in [0.29, 0.717) is 31.0 Å². The first kappa shape index (κ1) is 17.3. The van der Waals surface area contributed by atoms with E-state index in [9.17, 15) is 4.79 Å². The second-order valence-corrected chi connectivity index (χ2v) is 4.95. The number of hydrogen-bond donors (Lipinski definition) is 2. The van der Waals surface area contributed by atoms with E-state index in [1.54, 1.807) is 29.2 Å². The molecule has 0 radical (unpaired) electrons. The second-order valence-electron chi connectivity index (χ2n) is 4.95. The largest absolute Gasteiger partial charge is 0.493 e. The van der Waals surface area contributed by atoms with Crippen molar-refractivity contribution < 1.29 is 14.6 Å². The Morgan fingerprint density at radius 1 is 1.29 bits per heavy atom. The molecule has 0 saturated heterocycles. The molecule has 0 fully saturated rings. The molecule has 0 aliphatic carbocycles. The minimum Gasteiger partial charge on any atom is -0.493 e. The highest BCUT2D eigenvalue weighted by Gasteiger charge is 2.20. The van der Waals surface area contributed by atoms with Crippen LogP contribution in [0.5, 0.6) is 5.75 Å². The average molecular weight is 294 g/mol. The lowest BCUT2D eigenvalue weighted by Crippen LogP contribution is -2.42. The van der Waals surface area contributed by atoms with Gasteiger partial charge in [0, 0.05) is 18.3 Å². The minimum absolute atomic E-state index is 0.0128. The Kier molecular flexibility index (Phi) is 7.61. The van der Waals surface area contributed by atoms with E-state index in [1.165, 1.54) is 0 Å². The van der Waals surface area contributed by atoms with Gasteiger partial charge in [-0.05, 0) is 37.1 Å². The van der Waals surface area contributed by atoms with Gasteiger partial charge in [-0.3, -0.25) is 4.79 Å². The number of hydrogen-bond acceptors (Lipinski definition) is 4. The van der Waals surface area contributed by atoms with Crippen LogP contribution in [-0.4, -0.2) is 41.7 Å². The van der Waals surface area contributed by atoms with Crippen molar-refractivity contribution in [3.05, 3.63) is 24.3 Å². The van der Waals surface area contributed by atoms with Gasteiger partial charge in [-0.15, -0.1) is 0 Å². The van der Waals surface area contributed by atoms with Crippen molar-refractivity contribution in [2.45, 2.75) is 39.2 Å². The van der Waals surface area contributed by atoms with Crippen LogP contribution < -0.4 is 10.5 Å². The molecule has 0 aliphatic rings. The van der Waals surface area contributed by atoms with Gasteiger partial charge in [0.05, 0.1) is 19.6 Å². The fourth-order valence-corrected chi connectivity index (χ4v) is 2.31. The summed E-state index contributed by atoms with van der Waals surface area (Å²) in [4.78, 5) is 14.0. The fraction of sp³-hybridized carbons (Fsp3) is 0.562. The van der Waals surface area contributed by atoms with E-state index < -0.39 is 0 Å². The second kappa shape index (κ2) is 9.23. The molecule has 21 heavy (non-hydrogen) atoms. The summed E-state index contributed by atoms with van der Waals surface area (Å²) in [6.45, 7) is 4.80. The van der Waals surface area contributed by atoms with Crippen LogP contribution in [0, 0.1) is 0 Å². The number of aliphatic hydroxyl groups excluding tert-OH is 1. The maximum atomic E-state index is 12.3. The number of amides is 1. The van der Waals surface area contributed by atoms with Crippen molar-refractivity contribution in [2.75, 3.05) is 25.5 Å². The Balaban J connectivity index is 2.47. The summed E-state index contributed by atoms with van der Waals surface area (Å²) in [5, 5.41) is 9.12. The number of rotatable bonds is 9. The first-order valence-electron chi connectivity index (χ1n) is 7.51. The van der Waals surface area contributed by atoms with Gasteiger partial charge in [0.2, 0.25) is 5.91 Å². The van der Waals surface area contributed by atoms with E-state index in [0.717, 1.165) is 12.8 Å². The number of anilines is 1. The molecule has 1 aromatic rings. The lowest BCUT2D eigenvalue weighted by molar-refractivity contribution is -0.134. The summed E-state index contributed by atoms with van der Waals surface area (Å²) in [5.74, 6) is 0.724. The standard InChI is InChI=1S/C16H26N2O3/c1-3-14(4-2)18(10-11-19)16(20)9-12-21-15-7-5-13(17)6-8-15/h5-8,14,19H,3-4,9-12,17H2,1-2H3. The summed E-state index contributed by atoms with van der Waals surface area (Å²) >= 11 is 0. The zero-order valence-corrected chi connectivity index (χ0v) is 12.9. The first-order chi connectivity index (χ1) is 10.1. The van der Waals surface area contributed by atoms with Gasteiger partial charge in [-0.1, -0.05) is 13.8 Å². The van der Waals surface area contributed by atoms with Crippen LogP contribution in [0.4, 0.5) is 5.69 Å². The average Bonchev–Trinajstić information content (AvgIpc) is 2.49. The van der Waals surface area contributed by atoms with Crippen molar-refractivity contribution in [1.29, 1.82) is 0 Å². The predicted octanol–water partition coefficient (Wildman–Crippen LogP) is 2.05. The predicted molar refractivity (Wildman–Crippen MR) is 84.1 cm³/mol.